The summed E-state index contributed by atoms with van der Waals surface area (Å²) in [5.74, 6) is -0.715. The lowest BCUT2D eigenvalue weighted by molar-refractivity contribution is -0.115. The number of hydrogen-bond acceptors (Lipinski definition) is 5. The molecular weight excluding hydrogens is 401 g/mol. The van der Waals surface area contributed by atoms with Crippen LogP contribution < -0.4 is 5.32 Å². The van der Waals surface area contributed by atoms with Crippen molar-refractivity contribution < 1.29 is 17.6 Å². The predicted octanol–water partition coefficient (Wildman–Crippen LogP) is 3.51. The van der Waals surface area contributed by atoms with Crippen LogP contribution in [0.3, 0.4) is 0 Å². The van der Waals surface area contributed by atoms with Crippen LogP contribution in [0.2, 0.25) is 0 Å². The molecule has 1 amide bonds. The highest BCUT2D eigenvalue weighted by molar-refractivity contribution is 8.00. The lowest BCUT2D eigenvalue weighted by Gasteiger charge is -2.25. The molecule has 150 valence electrons. The Morgan fingerprint density at radius 3 is 2.61 bits per heavy atom. The third kappa shape index (κ3) is 5.09. The first kappa shape index (κ1) is 20.8. The number of carbonyl (C=O) groups excluding carboxylic acids is 1. The second-order valence-electron chi connectivity index (χ2n) is 6.56. The molecule has 1 unspecified atom stereocenters. The van der Waals surface area contributed by atoms with Crippen LogP contribution >= 0.6 is 11.8 Å². The van der Waals surface area contributed by atoms with Gasteiger partial charge in [-0.25, -0.2) is 17.8 Å². The minimum absolute atomic E-state index is 0.163. The maximum Gasteiger partial charge on any atom is 0.244 e. The molecule has 0 radical (unpaired) electrons. The number of amides is 1. The van der Waals surface area contributed by atoms with Crippen LogP contribution in [0.25, 0.3) is 0 Å². The van der Waals surface area contributed by atoms with Gasteiger partial charge in [-0.05, 0) is 50.1 Å². The molecule has 0 bridgehead atoms. The van der Waals surface area contributed by atoms with Crippen molar-refractivity contribution in [1.29, 1.82) is 0 Å². The number of rotatable bonds is 6. The quantitative estimate of drug-likeness (QED) is 0.719. The molecule has 2 heterocycles. The summed E-state index contributed by atoms with van der Waals surface area (Å²) in [6, 6.07) is 8.80. The molecule has 1 aliphatic rings. The van der Waals surface area contributed by atoms with Crippen molar-refractivity contribution in [1.82, 2.24) is 9.29 Å². The van der Waals surface area contributed by atoms with Gasteiger partial charge in [-0.3, -0.25) is 4.79 Å². The first-order valence-corrected chi connectivity index (χ1v) is 11.4. The van der Waals surface area contributed by atoms with Crippen LogP contribution in [-0.2, 0) is 14.8 Å². The summed E-state index contributed by atoms with van der Waals surface area (Å²) in [6.07, 6.45) is 4.13. The minimum atomic E-state index is -3.52. The molecular formula is C19H22FN3O3S2. The molecule has 28 heavy (non-hydrogen) atoms. The number of thioether (sulfide) groups is 1. The van der Waals surface area contributed by atoms with Gasteiger partial charge in [-0.1, -0.05) is 24.2 Å². The van der Waals surface area contributed by atoms with Crippen LogP contribution in [0, 0.1) is 5.82 Å². The summed E-state index contributed by atoms with van der Waals surface area (Å²) in [6.45, 7) is 2.78. The summed E-state index contributed by atoms with van der Waals surface area (Å²) < 4.78 is 40.0. The molecule has 0 spiro atoms. The second kappa shape index (κ2) is 9.02. The Hall–Kier alpha value is -1.97. The van der Waals surface area contributed by atoms with Gasteiger partial charge in [0.25, 0.3) is 0 Å². The number of hydrogen-bond donors (Lipinski definition) is 1. The van der Waals surface area contributed by atoms with E-state index in [-0.39, 0.29) is 10.8 Å². The molecule has 1 saturated heterocycles. The first-order chi connectivity index (χ1) is 13.4. The smallest absolute Gasteiger partial charge is 0.244 e. The predicted molar refractivity (Wildman–Crippen MR) is 107 cm³/mol. The van der Waals surface area contributed by atoms with Crippen LogP contribution in [0.1, 0.15) is 26.2 Å². The number of nitrogens with zero attached hydrogens (tertiary/aromatic N) is 2. The Balaban J connectivity index is 1.62. The van der Waals surface area contributed by atoms with Crippen LogP contribution in [0.15, 0.2) is 52.5 Å². The van der Waals surface area contributed by atoms with E-state index < -0.39 is 21.1 Å². The normalized spacial score (nSPS) is 16.5. The molecule has 2 aromatic rings. The van der Waals surface area contributed by atoms with Crippen molar-refractivity contribution in [3.05, 3.63) is 48.4 Å². The molecule has 1 fully saturated rings. The van der Waals surface area contributed by atoms with E-state index in [0.717, 1.165) is 19.3 Å². The van der Waals surface area contributed by atoms with E-state index in [0.29, 0.717) is 23.8 Å². The molecule has 3 rings (SSSR count). The standard InChI is InChI=1S/C19H22FN3O3S2/c1-14(19(24)22-16-7-5-6-15(20)12-16)27-18-9-8-17(13-21-18)28(25,26)23-10-3-2-4-11-23/h5-9,12-14H,2-4,10-11H2,1H3,(H,22,24). The number of halogens is 1. The van der Waals surface area contributed by atoms with Crippen molar-refractivity contribution in [3.63, 3.8) is 0 Å². The van der Waals surface area contributed by atoms with E-state index in [2.05, 4.69) is 10.3 Å². The van der Waals surface area contributed by atoms with E-state index >= 15 is 0 Å². The number of pyridine rings is 1. The van der Waals surface area contributed by atoms with Crippen molar-refractivity contribution >= 4 is 33.4 Å². The van der Waals surface area contributed by atoms with Gasteiger partial charge >= 0.3 is 0 Å². The topological polar surface area (TPSA) is 79.4 Å². The molecule has 1 aliphatic heterocycles. The van der Waals surface area contributed by atoms with Crippen molar-refractivity contribution in [2.24, 2.45) is 0 Å². The number of anilines is 1. The monoisotopic (exact) mass is 423 g/mol. The fourth-order valence-corrected chi connectivity index (χ4v) is 5.14. The molecule has 1 N–H and O–H groups in total. The molecule has 1 aromatic heterocycles. The third-order valence-corrected chi connectivity index (χ3v) is 7.35. The first-order valence-electron chi connectivity index (χ1n) is 9.05. The van der Waals surface area contributed by atoms with Crippen LogP contribution in [0.4, 0.5) is 10.1 Å². The average molecular weight is 424 g/mol. The van der Waals surface area contributed by atoms with Gasteiger partial charge < -0.3 is 5.32 Å². The summed E-state index contributed by atoms with van der Waals surface area (Å²) in [7, 11) is -3.52. The zero-order chi connectivity index (χ0) is 20.1. The zero-order valence-electron chi connectivity index (χ0n) is 15.5. The number of sulfonamides is 1. The van der Waals surface area contributed by atoms with Crippen molar-refractivity contribution in [2.75, 3.05) is 18.4 Å². The van der Waals surface area contributed by atoms with E-state index in [1.807, 2.05) is 0 Å². The lowest BCUT2D eigenvalue weighted by Crippen LogP contribution is -2.35. The van der Waals surface area contributed by atoms with E-state index in [4.69, 9.17) is 0 Å². The molecule has 6 nitrogen and oxygen atoms in total. The Kier molecular flexibility index (Phi) is 6.69. The van der Waals surface area contributed by atoms with E-state index in [1.54, 1.807) is 19.1 Å². The Labute approximate surface area is 168 Å². The van der Waals surface area contributed by atoms with Gasteiger partial charge in [0.05, 0.1) is 10.3 Å². The number of benzene rings is 1. The highest BCUT2D eigenvalue weighted by Gasteiger charge is 2.26. The molecule has 0 aliphatic carbocycles. The maximum absolute atomic E-state index is 13.2. The fourth-order valence-electron chi connectivity index (χ4n) is 2.89. The fraction of sp³-hybridized carbons (Fsp3) is 0.368. The SMILES string of the molecule is CC(Sc1ccc(S(=O)(=O)N2CCCCC2)cn1)C(=O)Nc1cccc(F)c1. The molecule has 1 atom stereocenters. The summed E-state index contributed by atoms with van der Waals surface area (Å²) >= 11 is 1.20. The van der Waals surface area contributed by atoms with Gasteiger partial charge in [0.15, 0.2) is 0 Å². The van der Waals surface area contributed by atoms with Gasteiger partial charge in [0.2, 0.25) is 15.9 Å². The molecule has 1 aromatic carbocycles. The highest BCUT2D eigenvalue weighted by Crippen LogP contribution is 2.25. The highest BCUT2D eigenvalue weighted by atomic mass is 32.2. The summed E-state index contributed by atoms with van der Waals surface area (Å²) in [5.41, 5.74) is 0.383. The Morgan fingerprint density at radius 2 is 1.96 bits per heavy atom. The maximum atomic E-state index is 13.2. The van der Waals surface area contributed by atoms with E-state index in [1.165, 1.54) is 46.5 Å². The van der Waals surface area contributed by atoms with Gasteiger partial charge in [0, 0.05) is 25.0 Å². The Morgan fingerprint density at radius 1 is 1.21 bits per heavy atom. The van der Waals surface area contributed by atoms with Gasteiger partial charge in [0.1, 0.15) is 10.7 Å². The van der Waals surface area contributed by atoms with Crippen LogP contribution in [0.5, 0.6) is 0 Å². The minimum Gasteiger partial charge on any atom is -0.325 e. The molecule has 0 saturated carbocycles. The lowest BCUT2D eigenvalue weighted by atomic mass is 10.2. The zero-order valence-corrected chi connectivity index (χ0v) is 17.1. The number of nitrogens with one attached hydrogen (secondary N) is 1. The third-order valence-electron chi connectivity index (χ3n) is 4.42. The molecule has 9 heteroatoms. The number of piperidine rings is 1. The van der Waals surface area contributed by atoms with Crippen LogP contribution in [-0.4, -0.2) is 42.0 Å². The summed E-state index contributed by atoms with van der Waals surface area (Å²) in [4.78, 5) is 16.6. The number of aromatic nitrogens is 1. The average Bonchev–Trinajstić information content (AvgIpc) is 2.69. The van der Waals surface area contributed by atoms with Gasteiger partial charge in [-0.2, -0.15) is 4.31 Å². The van der Waals surface area contributed by atoms with Crippen molar-refractivity contribution in [3.8, 4) is 0 Å². The number of carbonyl (C=O) groups is 1. The van der Waals surface area contributed by atoms with E-state index in [9.17, 15) is 17.6 Å². The van der Waals surface area contributed by atoms with Crippen molar-refractivity contribution in [2.45, 2.75) is 41.4 Å². The largest absolute Gasteiger partial charge is 0.325 e. The summed E-state index contributed by atoms with van der Waals surface area (Å²) in [5, 5.41) is 2.71. The van der Waals surface area contributed by atoms with Gasteiger partial charge in [-0.15, -0.1) is 0 Å². The Bertz CT molecular complexity index is 930. The second-order valence-corrected chi connectivity index (χ2v) is 9.86.